The summed E-state index contributed by atoms with van der Waals surface area (Å²) in [5, 5.41) is 30.0. The topological polar surface area (TPSA) is 197 Å². The smallest absolute Gasteiger partial charge is 0.342 e. The fourth-order valence-electron chi connectivity index (χ4n) is 7.21. The molecule has 0 radical (unpaired) electrons. The number of thiocarbonyl (C=S) groups is 2. The molecule has 0 unspecified atom stereocenters. The second-order valence-corrected chi connectivity index (χ2v) is 17.0. The van der Waals surface area contributed by atoms with Crippen LogP contribution in [0.4, 0.5) is 5.95 Å². The van der Waals surface area contributed by atoms with Crippen LogP contribution in [0.15, 0.2) is 6.33 Å². The van der Waals surface area contributed by atoms with E-state index in [1.807, 2.05) is 13.8 Å². The summed E-state index contributed by atoms with van der Waals surface area (Å²) in [5.74, 6) is 0.0812. The van der Waals surface area contributed by atoms with Crippen molar-refractivity contribution < 1.29 is 38.2 Å². The van der Waals surface area contributed by atoms with E-state index in [1.165, 1.54) is 37.8 Å². The number of nitrogen functional groups attached to an aromatic ring is 1. The lowest BCUT2D eigenvalue weighted by Gasteiger charge is -2.33. The molecule has 6 N–H and O–H groups in total. The van der Waals surface area contributed by atoms with Gasteiger partial charge in [0.2, 0.25) is 11.8 Å². The van der Waals surface area contributed by atoms with Gasteiger partial charge in [0.15, 0.2) is 27.5 Å². The van der Waals surface area contributed by atoms with E-state index in [4.69, 9.17) is 53.6 Å². The molecule has 18 heteroatoms. The zero-order valence-corrected chi connectivity index (χ0v) is 33.2. The van der Waals surface area contributed by atoms with Crippen LogP contribution in [-0.2, 0) is 23.3 Å². The van der Waals surface area contributed by atoms with Crippen LogP contribution in [0.1, 0.15) is 117 Å². The van der Waals surface area contributed by atoms with Crippen LogP contribution in [0, 0.1) is 0 Å². The Labute approximate surface area is 317 Å². The summed E-state index contributed by atoms with van der Waals surface area (Å²) < 4.78 is 46.8. The molecule has 2 aromatic rings. The van der Waals surface area contributed by atoms with E-state index in [2.05, 4.69) is 25.1 Å². The predicted octanol–water partition coefficient (Wildman–Crippen LogP) is 5.42. The van der Waals surface area contributed by atoms with Gasteiger partial charge in [-0.2, -0.15) is 9.97 Å². The van der Waals surface area contributed by atoms with Crippen molar-refractivity contribution >= 4 is 59.3 Å². The Morgan fingerprint density at radius 1 is 1.02 bits per heavy atom. The maximum absolute atomic E-state index is 15.1. The highest BCUT2D eigenvalue weighted by molar-refractivity contribution is 7.80. The first-order valence-corrected chi connectivity index (χ1v) is 21.1. The van der Waals surface area contributed by atoms with E-state index in [1.54, 1.807) is 0 Å². The Bertz CT molecular complexity index is 1510. The van der Waals surface area contributed by atoms with Crippen LogP contribution in [-0.4, -0.2) is 95.7 Å². The van der Waals surface area contributed by atoms with Crippen molar-refractivity contribution in [1.29, 1.82) is 0 Å². The number of anilines is 1. The lowest BCUT2D eigenvalue weighted by molar-refractivity contribution is -0.0947. The van der Waals surface area contributed by atoms with Gasteiger partial charge < -0.3 is 39.4 Å². The molecule has 3 heterocycles. The van der Waals surface area contributed by atoms with E-state index in [9.17, 15) is 10.2 Å². The van der Waals surface area contributed by atoms with Gasteiger partial charge in [0.25, 0.3) is 0 Å². The quantitative estimate of drug-likeness (QED) is 0.101. The van der Waals surface area contributed by atoms with Crippen molar-refractivity contribution in [3.05, 3.63) is 6.33 Å². The summed E-state index contributed by atoms with van der Waals surface area (Å²) in [6, 6.07) is -1.17. The number of nitrogens with zero attached hydrogens (tertiary/aromatic N) is 4. The van der Waals surface area contributed by atoms with Crippen molar-refractivity contribution in [3.63, 3.8) is 0 Å². The number of rotatable bonds is 17. The van der Waals surface area contributed by atoms with Crippen LogP contribution in [0.5, 0.6) is 5.88 Å². The van der Waals surface area contributed by atoms with Crippen LogP contribution in [0.2, 0.25) is 0 Å². The molecule has 0 aromatic carbocycles. The third-order valence-corrected chi connectivity index (χ3v) is 12.7. The predicted molar refractivity (Wildman–Crippen MR) is 205 cm³/mol. The molecule has 52 heavy (non-hydrogen) atoms. The van der Waals surface area contributed by atoms with Crippen molar-refractivity contribution in [2.24, 2.45) is 0 Å². The Kier molecular flexibility index (Phi) is 14.6. The number of hydrogen-bond acceptors (Lipinski definition) is 14. The molecule has 3 aliphatic rings. The minimum absolute atomic E-state index is 0.0148. The van der Waals surface area contributed by atoms with Gasteiger partial charge in [0.05, 0.1) is 44.3 Å². The first-order chi connectivity index (χ1) is 24.9. The minimum atomic E-state index is -4.04. The number of hydrogen-bond donors (Lipinski definition) is 5. The number of fused-ring (bicyclic) bond motifs is 1. The Morgan fingerprint density at radius 2 is 1.56 bits per heavy atom. The molecule has 6 atom stereocenters. The number of imidazole rings is 1. The molecule has 5 rings (SSSR count). The van der Waals surface area contributed by atoms with Gasteiger partial charge in [-0.1, -0.05) is 39.5 Å². The van der Waals surface area contributed by atoms with E-state index in [-0.39, 0.29) is 36.3 Å². The summed E-state index contributed by atoms with van der Waals surface area (Å²) in [6.45, 7) is 5.09. The first-order valence-electron chi connectivity index (χ1n) is 18.7. The number of methoxy groups -OCH3 is 1. The molecule has 1 aliphatic heterocycles. The van der Waals surface area contributed by atoms with Gasteiger partial charge in [-0.25, -0.2) is 15.2 Å². The molecule has 2 aliphatic carbocycles. The van der Waals surface area contributed by atoms with Crippen LogP contribution < -0.4 is 20.6 Å². The van der Waals surface area contributed by atoms with E-state index >= 15 is 4.57 Å². The summed E-state index contributed by atoms with van der Waals surface area (Å²) in [6.07, 6.45) is 10.6. The number of aromatic nitrogens is 4. The highest BCUT2D eigenvalue weighted by Crippen LogP contribution is 2.45. The molecule has 0 amide bonds. The zero-order valence-electron chi connectivity index (χ0n) is 30.7. The highest BCUT2D eigenvalue weighted by atomic mass is 32.1. The molecule has 2 aromatic heterocycles. The number of aliphatic hydroxyl groups excluding tert-OH is 1. The molecular weight excluding hydrogens is 730 g/mol. The second-order valence-electron chi connectivity index (χ2n) is 14.3. The highest BCUT2D eigenvalue weighted by Gasteiger charge is 2.54. The van der Waals surface area contributed by atoms with Gasteiger partial charge in [-0.05, 0) is 95.6 Å². The normalized spacial score (nSPS) is 25.9. The average Bonchev–Trinajstić information content (AvgIpc) is 3.64. The molecule has 15 nitrogen and oxygen atoms in total. The lowest BCUT2D eigenvalue weighted by Crippen LogP contribution is -2.46. The largest absolute Gasteiger partial charge is 0.482 e. The second kappa shape index (κ2) is 18.5. The Balaban J connectivity index is 1.38. The van der Waals surface area contributed by atoms with Crippen molar-refractivity contribution in [2.75, 3.05) is 19.5 Å². The Hall–Kier alpha value is -2.08. The van der Waals surface area contributed by atoms with E-state index < -0.39 is 43.8 Å². The number of aliphatic hydroxyl groups is 2. The lowest BCUT2D eigenvalue weighted by atomic mass is 9.96. The maximum Gasteiger partial charge on any atom is 0.342 e. The standard InChI is InChI=1S/C34H56N7O8PS2/c1-5-13-23(30(51)47-21-15-9-7-10-16-21)39-50(44,40-24(14-6-2)31(52)48-22-17-11-8-12-18-22)46-19-25-27(42)34(3,43)32(49-25)41-20-36-26-28(41)37-33(35)38-29(26)45-4/h20-25,27,32,42-43H,5-19H2,1-4H3,(H2,35,37,38)(H2,39,40,44)/t23-,24-,25+,27+,32+,34+/m0/s1. The molecule has 0 bridgehead atoms. The summed E-state index contributed by atoms with van der Waals surface area (Å²) >= 11 is 11.6. The number of nitrogens with two attached hydrogens (primary N) is 1. The van der Waals surface area contributed by atoms with Gasteiger partial charge >= 0.3 is 7.67 Å². The SMILES string of the molecule is CCC[C@H](NP(=O)(N[C@@H](CCC)C(=S)OC1CCCCC1)OC[C@H]1O[C@@H](n2cnc3c(OC)nc(N)nc32)[C@](C)(O)[C@@H]1O)C(=S)OC1CCCCC1. The van der Waals surface area contributed by atoms with Crippen molar-refractivity contribution in [2.45, 2.75) is 159 Å². The monoisotopic (exact) mass is 785 g/mol. The fourth-order valence-corrected chi connectivity index (χ4v) is 9.90. The molecule has 292 valence electrons. The molecular formula is C34H56N7O8PS2. The summed E-state index contributed by atoms with van der Waals surface area (Å²) in [5.41, 5.74) is 4.60. The van der Waals surface area contributed by atoms with Crippen molar-refractivity contribution in [3.8, 4) is 5.88 Å². The van der Waals surface area contributed by atoms with Gasteiger partial charge in [0, 0.05) is 0 Å². The maximum atomic E-state index is 15.1. The Morgan fingerprint density at radius 3 is 2.06 bits per heavy atom. The molecule has 3 fully saturated rings. The van der Waals surface area contributed by atoms with E-state index in [0.717, 1.165) is 64.2 Å². The third kappa shape index (κ3) is 9.96. The van der Waals surface area contributed by atoms with Gasteiger partial charge in [0.1, 0.15) is 17.8 Å². The fraction of sp³-hybridized carbons (Fsp3) is 0.794. The summed E-state index contributed by atoms with van der Waals surface area (Å²) in [7, 11) is -2.61. The average molecular weight is 786 g/mol. The summed E-state index contributed by atoms with van der Waals surface area (Å²) in [4.78, 5) is 12.7. The molecule has 2 saturated carbocycles. The van der Waals surface area contributed by atoms with Crippen LogP contribution in [0.25, 0.3) is 11.2 Å². The number of nitrogens with one attached hydrogen (secondary N) is 2. The first kappa shape index (κ1) is 41.1. The minimum Gasteiger partial charge on any atom is -0.482 e. The van der Waals surface area contributed by atoms with Crippen LogP contribution >= 0.6 is 32.1 Å². The van der Waals surface area contributed by atoms with Gasteiger partial charge in [-0.15, -0.1) is 0 Å². The molecule has 1 saturated heterocycles. The van der Waals surface area contributed by atoms with E-state index in [0.29, 0.717) is 28.5 Å². The zero-order chi connectivity index (χ0) is 37.5. The third-order valence-electron chi connectivity index (χ3n) is 10.1. The number of ether oxygens (including phenoxy) is 4. The van der Waals surface area contributed by atoms with Gasteiger partial charge in [-0.3, -0.25) is 9.13 Å². The van der Waals surface area contributed by atoms with Crippen molar-refractivity contribution in [1.82, 2.24) is 29.7 Å². The van der Waals surface area contributed by atoms with Crippen LogP contribution in [0.3, 0.4) is 0 Å². The molecule has 0 spiro atoms.